The highest BCUT2D eigenvalue weighted by atomic mass is 32.2. The van der Waals surface area contributed by atoms with Crippen molar-refractivity contribution >= 4 is 15.7 Å². The Hall–Kier alpha value is -1.99. The fourth-order valence-corrected chi connectivity index (χ4v) is 3.09. The number of rotatable bonds is 4. The zero-order chi connectivity index (χ0) is 15.6. The molecule has 2 N–H and O–H groups in total. The second kappa shape index (κ2) is 5.79. The Morgan fingerprint density at radius 3 is 2.48 bits per heavy atom. The first-order valence-electron chi connectivity index (χ1n) is 6.06. The number of sulfonamides is 1. The Morgan fingerprint density at radius 2 is 1.86 bits per heavy atom. The maximum Gasteiger partial charge on any atom is 0.246 e. The molecule has 0 saturated carbocycles. The lowest BCUT2D eigenvalue weighted by molar-refractivity contribution is 0.458. The van der Waals surface area contributed by atoms with E-state index in [-0.39, 0.29) is 6.54 Å². The highest BCUT2D eigenvalue weighted by Gasteiger charge is 2.24. The zero-order valence-electron chi connectivity index (χ0n) is 11.3. The molecule has 0 unspecified atom stereocenters. The van der Waals surface area contributed by atoms with Crippen LogP contribution in [-0.4, -0.2) is 19.8 Å². The summed E-state index contributed by atoms with van der Waals surface area (Å²) in [5.74, 6) is -1.95. The first kappa shape index (κ1) is 15.4. The van der Waals surface area contributed by atoms with E-state index in [1.807, 2.05) is 0 Å². The fourth-order valence-electron chi connectivity index (χ4n) is 1.89. The van der Waals surface area contributed by atoms with Crippen molar-refractivity contribution < 1.29 is 17.2 Å². The highest BCUT2D eigenvalue weighted by molar-refractivity contribution is 7.89. The van der Waals surface area contributed by atoms with E-state index in [9.17, 15) is 17.2 Å². The molecule has 0 aliphatic carbocycles. The van der Waals surface area contributed by atoms with Gasteiger partial charge in [0.15, 0.2) is 0 Å². The van der Waals surface area contributed by atoms with Gasteiger partial charge >= 0.3 is 0 Å². The molecular weight excluding hydrogens is 298 g/mol. The van der Waals surface area contributed by atoms with Crippen LogP contribution < -0.4 is 5.73 Å². The molecule has 2 aromatic rings. The van der Waals surface area contributed by atoms with Gasteiger partial charge in [-0.25, -0.2) is 17.2 Å². The number of nitrogens with two attached hydrogens (primary N) is 1. The minimum atomic E-state index is -4.05. The summed E-state index contributed by atoms with van der Waals surface area (Å²) in [7, 11) is -2.73. The van der Waals surface area contributed by atoms with Crippen molar-refractivity contribution in [1.82, 2.24) is 4.31 Å². The maximum atomic E-state index is 13.6. The van der Waals surface area contributed by atoms with Crippen LogP contribution in [0.1, 0.15) is 5.56 Å². The van der Waals surface area contributed by atoms with Crippen molar-refractivity contribution in [3.63, 3.8) is 0 Å². The molecule has 0 heterocycles. The molecule has 21 heavy (non-hydrogen) atoms. The monoisotopic (exact) mass is 312 g/mol. The molecule has 0 aliphatic heterocycles. The van der Waals surface area contributed by atoms with E-state index in [1.165, 1.54) is 7.05 Å². The predicted molar refractivity (Wildman–Crippen MR) is 75.9 cm³/mol. The van der Waals surface area contributed by atoms with Crippen LogP contribution in [0.5, 0.6) is 0 Å². The van der Waals surface area contributed by atoms with Gasteiger partial charge in [0.1, 0.15) is 16.5 Å². The number of nitrogen functional groups attached to an aromatic ring is 1. The molecule has 2 rings (SSSR count). The number of hydrogen-bond acceptors (Lipinski definition) is 3. The summed E-state index contributed by atoms with van der Waals surface area (Å²) in [4.78, 5) is -0.560. The van der Waals surface area contributed by atoms with Gasteiger partial charge in [-0.1, -0.05) is 12.1 Å². The van der Waals surface area contributed by atoms with E-state index in [4.69, 9.17) is 5.73 Å². The van der Waals surface area contributed by atoms with E-state index in [1.54, 1.807) is 24.3 Å². The fraction of sp³-hybridized carbons (Fsp3) is 0.143. The van der Waals surface area contributed by atoms with E-state index in [2.05, 4.69) is 0 Å². The minimum Gasteiger partial charge on any atom is -0.399 e. The number of halogens is 2. The summed E-state index contributed by atoms with van der Waals surface area (Å²) in [6.07, 6.45) is 0. The zero-order valence-corrected chi connectivity index (χ0v) is 12.1. The molecule has 2 aromatic carbocycles. The lowest BCUT2D eigenvalue weighted by Gasteiger charge is -2.18. The Balaban J connectivity index is 2.30. The van der Waals surface area contributed by atoms with Gasteiger partial charge < -0.3 is 5.73 Å². The number of anilines is 1. The van der Waals surface area contributed by atoms with Gasteiger partial charge in [-0.2, -0.15) is 4.31 Å². The van der Waals surface area contributed by atoms with E-state index >= 15 is 0 Å². The van der Waals surface area contributed by atoms with Gasteiger partial charge in [0.25, 0.3) is 0 Å². The Labute approximate surface area is 121 Å². The average molecular weight is 312 g/mol. The van der Waals surface area contributed by atoms with E-state index in [0.717, 1.165) is 16.4 Å². The van der Waals surface area contributed by atoms with Crippen LogP contribution in [0, 0.1) is 11.6 Å². The van der Waals surface area contributed by atoms with Crippen LogP contribution in [0.2, 0.25) is 0 Å². The summed E-state index contributed by atoms with van der Waals surface area (Å²) in [5, 5.41) is 0. The Kier molecular flexibility index (Phi) is 4.24. The molecular formula is C14H14F2N2O2S. The Morgan fingerprint density at radius 1 is 1.14 bits per heavy atom. The molecule has 0 atom stereocenters. The van der Waals surface area contributed by atoms with Gasteiger partial charge in [-0.3, -0.25) is 0 Å². The molecule has 0 radical (unpaired) electrons. The molecule has 0 amide bonds. The Bertz CT molecular complexity index is 763. The van der Waals surface area contributed by atoms with Gasteiger partial charge in [-0.05, 0) is 29.8 Å². The summed E-state index contributed by atoms with van der Waals surface area (Å²) >= 11 is 0. The predicted octanol–water partition coefficient (Wildman–Crippen LogP) is 2.37. The lowest BCUT2D eigenvalue weighted by Crippen LogP contribution is -2.27. The molecule has 7 heteroatoms. The van der Waals surface area contributed by atoms with Gasteiger partial charge in [0.05, 0.1) is 0 Å². The topological polar surface area (TPSA) is 63.4 Å². The van der Waals surface area contributed by atoms with Crippen molar-refractivity contribution in [3.8, 4) is 0 Å². The van der Waals surface area contributed by atoms with Crippen molar-refractivity contribution in [2.75, 3.05) is 12.8 Å². The highest BCUT2D eigenvalue weighted by Crippen LogP contribution is 2.21. The second-order valence-corrected chi connectivity index (χ2v) is 6.59. The molecule has 0 aromatic heterocycles. The van der Waals surface area contributed by atoms with Gasteiger partial charge in [0.2, 0.25) is 10.0 Å². The van der Waals surface area contributed by atoms with Crippen LogP contribution in [0.25, 0.3) is 0 Å². The van der Waals surface area contributed by atoms with Crippen LogP contribution in [0.15, 0.2) is 47.4 Å². The van der Waals surface area contributed by atoms with Crippen molar-refractivity contribution in [1.29, 1.82) is 0 Å². The second-order valence-electron chi connectivity index (χ2n) is 4.58. The van der Waals surface area contributed by atoms with E-state index < -0.39 is 26.6 Å². The van der Waals surface area contributed by atoms with Crippen molar-refractivity contribution in [2.45, 2.75) is 11.4 Å². The summed E-state index contributed by atoms with van der Waals surface area (Å²) in [6.45, 7) is 0.0319. The summed E-state index contributed by atoms with van der Waals surface area (Å²) < 4.78 is 52.1. The van der Waals surface area contributed by atoms with Crippen LogP contribution in [-0.2, 0) is 16.6 Å². The molecule has 0 fully saturated rings. The van der Waals surface area contributed by atoms with Crippen LogP contribution in [0.3, 0.4) is 0 Å². The normalized spacial score (nSPS) is 11.8. The van der Waals surface area contributed by atoms with Gasteiger partial charge in [0, 0.05) is 25.3 Å². The molecule has 0 aliphatic rings. The summed E-state index contributed by atoms with van der Waals surface area (Å²) in [5.41, 5.74) is 6.80. The summed E-state index contributed by atoms with van der Waals surface area (Å²) in [6, 6.07) is 9.08. The third-order valence-electron chi connectivity index (χ3n) is 2.94. The van der Waals surface area contributed by atoms with Gasteiger partial charge in [-0.15, -0.1) is 0 Å². The average Bonchev–Trinajstić information content (AvgIpc) is 2.38. The molecule has 0 bridgehead atoms. The van der Waals surface area contributed by atoms with E-state index in [0.29, 0.717) is 17.3 Å². The molecule has 112 valence electrons. The quantitative estimate of drug-likeness (QED) is 0.882. The standard InChI is InChI=1S/C14H14F2N2O2S/c1-18(9-10-3-2-4-12(17)7-10)21(19,20)14-6-5-11(15)8-13(14)16/h2-8H,9,17H2,1H3. The third kappa shape index (κ3) is 3.37. The third-order valence-corrected chi connectivity index (χ3v) is 4.78. The molecule has 0 saturated heterocycles. The SMILES string of the molecule is CN(Cc1cccc(N)c1)S(=O)(=O)c1ccc(F)cc1F. The maximum absolute atomic E-state index is 13.6. The van der Waals surface area contributed by atoms with Crippen LogP contribution >= 0.6 is 0 Å². The van der Waals surface area contributed by atoms with Crippen molar-refractivity contribution in [2.24, 2.45) is 0 Å². The number of hydrogen-bond donors (Lipinski definition) is 1. The van der Waals surface area contributed by atoms with Crippen LogP contribution in [0.4, 0.5) is 14.5 Å². The first-order valence-corrected chi connectivity index (χ1v) is 7.50. The first-order chi connectivity index (χ1) is 9.80. The largest absolute Gasteiger partial charge is 0.399 e. The van der Waals surface area contributed by atoms with Crippen molar-refractivity contribution in [3.05, 3.63) is 59.7 Å². The lowest BCUT2D eigenvalue weighted by atomic mass is 10.2. The molecule has 4 nitrogen and oxygen atoms in total. The minimum absolute atomic E-state index is 0.0319. The number of nitrogens with zero attached hydrogens (tertiary/aromatic N) is 1. The smallest absolute Gasteiger partial charge is 0.246 e. The molecule has 0 spiro atoms. The number of benzene rings is 2.